The minimum Gasteiger partial charge on any atom is -0.497 e. The van der Waals surface area contributed by atoms with Crippen LogP contribution in [-0.2, 0) is 4.79 Å². The van der Waals surface area contributed by atoms with Gasteiger partial charge in [-0.15, -0.1) is 0 Å². The second kappa shape index (κ2) is 9.84. The molecule has 182 valence electrons. The van der Waals surface area contributed by atoms with Crippen molar-refractivity contribution in [3.63, 3.8) is 0 Å². The molecule has 0 aliphatic carbocycles. The summed E-state index contributed by atoms with van der Waals surface area (Å²) in [6.45, 7) is 0.135. The minimum atomic E-state index is -0.422. The lowest BCUT2D eigenvalue weighted by atomic mass is 9.73. The number of amides is 2. The molecule has 0 aromatic heterocycles. The Hall–Kier alpha value is -4.15. The van der Waals surface area contributed by atoms with Gasteiger partial charge in [0.15, 0.2) is 0 Å². The molecular weight excluding hydrogens is 459 g/mol. The number of nitrogens with zero attached hydrogens (tertiary/aromatic N) is 2. The van der Waals surface area contributed by atoms with Crippen molar-refractivity contribution < 1.29 is 23.8 Å². The van der Waals surface area contributed by atoms with E-state index in [9.17, 15) is 19.1 Å². The number of benzene rings is 3. The van der Waals surface area contributed by atoms with Gasteiger partial charge in [-0.1, -0.05) is 24.0 Å². The van der Waals surface area contributed by atoms with Crippen molar-refractivity contribution in [3.8, 4) is 17.6 Å². The highest BCUT2D eigenvalue weighted by atomic mass is 19.1. The third-order valence-corrected chi connectivity index (χ3v) is 6.87. The Morgan fingerprint density at radius 3 is 2.19 bits per heavy atom. The Bertz CT molecular complexity index is 1330. The van der Waals surface area contributed by atoms with Gasteiger partial charge in [0.25, 0.3) is 5.91 Å². The summed E-state index contributed by atoms with van der Waals surface area (Å²) in [5, 5.41) is 10.0. The van der Waals surface area contributed by atoms with Crippen molar-refractivity contribution in [2.45, 2.75) is 18.0 Å². The number of methoxy groups -OCH3 is 1. The minimum absolute atomic E-state index is 0.0597. The molecule has 3 atom stereocenters. The third kappa shape index (κ3) is 4.43. The average molecular weight is 485 g/mol. The van der Waals surface area contributed by atoms with Crippen LogP contribution in [0.15, 0.2) is 72.8 Å². The lowest BCUT2D eigenvalue weighted by Gasteiger charge is -2.58. The lowest BCUT2D eigenvalue weighted by molar-refractivity contribution is -0.159. The SMILES string of the molecule is COc1ccc(C#Cc2ccc([C@@H]3[C@H](CO)N4C(=O)CN(C(=O)c5ccc(F)cc5)C[C@@H]34)cc2)cc1. The Morgan fingerprint density at radius 2 is 1.61 bits per heavy atom. The molecule has 0 unspecified atom stereocenters. The van der Waals surface area contributed by atoms with Crippen LogP contribution in [0.3, 0.4) is 0 Å². The summed E-state index contributed by atoms with van der Waals surface area (Å²) in [6, 6.07) is 20.1. The molecule has 2 saturated heterocycles. The molecule has 2 fully saturated rings. The standard InChI is InChI=1S/C29H25FN2O4/c1-36-24-14-6-20(7-15-24)3-2-19-4-8-21(9-5-19)28-25-16-31(17-27(34)32(25)26(28)18-33)29(35)22-10-12-23(30)13-11-22/h4-15,25-26,28,33H,16-18H2,1H3/t25-,26-,28-/m0/s1. The predicted octanol–water partition coefficient (Wildman–Crippen LogP) is 3.05. The normalized spacial score (nSPS) is 20.6. The molecular formula is C29H25FN2O4. The molecule has 5 rings (SSSR count). The number of carbonyl (C=O) groups is 2. The summed E-state index contributed by atoms with van der Waals surface area (Å²) in [6.07, 6.45) is 0. The Balaban J connectivity index is 1.32. The van der Waals surface area contributed by atoms with Gasteiger partial charge in [0.05, 0.1) is 25.8 Å². The van der Waals surface area contributed by atoms with Crippen LogP contribution in [0.4, 0.5) is 4.39 Å². The molecule has 3 aromatic carbocycles. The highest BCUT2D eigenvalue weighted by Gasteiger charge is 2.54. The number of piperazine rings is 1. The number of halogens is 1. The van der Waals surface area contributed by atoms with Crippen LogP contribution >= 0.6 is 0 Å². The maximum Gasteiger partial charge on any atom is 0.254 e. The van der Waals surface area contributed by atoms with E-state index >= 15 is 0 Å². The van der Waals surface area contributed by atoms with Crippen molar-refractivity contribution in [1.29, 1.82) is 0 Å². The molecule has 0 spiro atoms. The molecule has 0 saturated carbocycles. The molecule has 7 heteroatoms. The Kier molecular flexibility index (Phi) is 6.45. The van der Waals surface area contributed by atoms with Gasteiger partial charge in [-0.25, -0.2) is 4.39 Å². The van der Waals surface area contributed by atoms with E-state index in [0.29, 0.717) is 12.1 Å². The number of ether oxygens (including phenoxy) is 1. The first-order valence-electron chi connectivity index (χ1n) is 11.7. The van der Waals surface area contributed by atoms with Crippen molar-refractivity contribution in [2.75, 3.05) is 26.8 Å². The summed E-state index contributed by atoms with van der Waals surface area (Å²) >= 11 is 0. The van der Waals surface area contributed by atoms with Gasteiger partial charge in [0.1, 0.15) is 18.1 Å². The fraction of sp³-hybridized carbons (Fsp3) is 0.241. The van der Waals surface area contributed by atoms with E-state index in [1.807, 2.05) is 48.5 Å². The number of carbonyl (C=O) groups excluding carboxylic acids is 2. The van der Waals surface area contributed by atoms with Gasteiger partial charge >= 0.3 is 0 Å². The van der Waals surface area contributed by atoms with Crippen LogP contribution < -0.4 is 4.74 Å². The van der Waals surface area contributed by atoms with E-state index in [-0.39, 0.29) is 43.0 Å². The molecule has 3 aromatic rings. The fourth-order valence-corrected chi connectivity index (χ4v) is 5.04. The van der Waals surface area contributed by atoms with Crippen LogP contribution in [0.25, 0.3) is 0 Å². The van der Waals surface area contributed by atoms with Crippen LogP contribution in [0, 0.1) is 17.7 Å². The number of rotatable bonds is 4. The maximum absolute atomic E-state index is 13.3. The van der Waals surface area contributed by atoms with Crippen LogP contribution in [0.5, 0.6) is 5.75 Å². The van der Waals surface area contributed by atoms with E-state index in [1.54, 1.807) is 12.0 Å². The number of hydrogen-bond donors (Lipinski definition) is 1. The van der Waals surface area contributed by atoms with Crippen LogP contribution in [0.1, 0.15) is 33.0 Å². The molecule has 1 N–H and O–H groups in total. The summed E-state index contributed by atoms with van der Waals surface area (Å²) in [4.78, 5) is 29.0. The van der Waals surface area contributed by atoms with Crippen LogP contribution in [0.2, 0.25) is 0 Å². The second-order valence-corrected chi connectivity index (χ2v) is 8.94. The van der Waals surface area contributed by atoms with E-state index < -0.39 is 5.82 Å². The monoisotopic (exact) mass is 484 g/mol. The quantitative estimate of drug-likeness (QED) is 0.578. The molecule has 2 aliphatic rings. The molecule has 2 heterocycles. The van der Waals surface area contributed by atoms with Gasteiger partial charge in [0.2, 0.25) is 5.91 Å². The summed E-state index contributed by atoms with van der Waals surface area (Å²) < 4.78 is 18.4. The molecule has 0 bridgehead atoms. The number of aliphatic hydroxyl groups is 1. The van der Waals surface area contributed by atoms with Crippen molar-refractivity contribution in [3.05, 3.63) is 101 Å². The van der Waals surface area contributed by atoms with E-state index in [0.717, 1.165) is 22.4 Å². The summed E-state index contributed by atoms with van der Waals surface area (Å²) in [5.74, 6) is 6.03. The van der Waals surface area contributed by atoms with Crippen LogP contribution in [-0.4, -0.2) is 65.6 Å². The van der Waals surface area contributed by atoms with E-state index in [4.69, 9.17) is 4.74 Å². The van der Waals surface area contributed by atoms with E-state index in [2.05, 4.69) is 11.8 Å². The van der Waals surface area contributed by atoms with Gasteiger partial charge in [-0.05, 0) is 66.2 Å². The smallest absolute Gasteiger partial charge is 0.254 e. The van der Waals surface area contributed by atoms with E-state index in [1.165, 1.54) is 29.2 Å². The summed E-state index contributed by atoms with van der Waals surface area (Å²) in [7, 11) is 1.62. The maximum atomic E-state index is 13.3. The first kappa shape index (κ1) is 23.6. The first-order valence-corrected chi connectivity index (χ1v) is 11.7. The Labute approximate surface area is 208 Å². The van der Waals surface area contributed by atoms with Gasteiger partial charge < -0.3 is 19.6 Å². The largest absolute Gasteiger partial charge is 0.497 e. The highest BCUT2D eigenvalue weighted by Crippen LogP contribution is 2.43. The zero-order valence-corrected chi connectivity index (χ0v) is 19.7. The second-order valence-electron chi connectivity index (χ2n) is 8.94. The molecule has 36 heavy (non-hydrogen) atoms. The van der Waals surface area contributed by atoms with Crippen molar-refractivity contribution in [1.82, 2.24) is 9.80 Å². The van der Waals surface area contributed by atoms with Gasteiger partial charge in [-0.2, -0.15) is 0 Å². The van der Waals surface area contributed by atoms with Gasteiger partial charge in [0, 0.05) is 29.2 Å². The first-order chi connectivity index (χ1) is 17.5. The zero-order chi connectivity index (χ0) is 25.2. The molecule has 0 radical (unpaired) electrons. The number of fused-ring (bicyclic) bond motifs is 1. The highest BCUT2D eigenvalue weighted by molar-refractivity contribution is 5.97. The van der Waals surface area contributed by atoms with Crippen molar-refractivity contribution >= 4 is 11.8 Å². The predicted molar refractivity (Wildman–Crippen MR) is 132 cm³/mol. The zero-order valence-electron chi connectivity index (χ0n) is 19.7. The molecule has 6 nitrogen and oxygen atoms in total. The van der Waals surface area contributed by atoms with Gasteiger partial charge in [-0.3, -0.25) is 9.59 Å². The lowest BCUT2D eigenvalue weighted by Crippen LogP contribution is -2.73. The molecule has 2 aliphatic heterocycles. The fourth-order valence-electron chi connectivity index (χ4n) is 5.04. The average Bonchev–Trinajstić information content (AvgIpc) is 2.89. The van der Waals surface area contributed by atoms with Crippen molar-refractivity contribution in [2.24, 2.45) is 0 Å². The number of aliphatic hydroxyl groups excluding tert-OH is 1. The summed E-state index contributed by atoms with van der Waals surface area (Å²) in [5.41, 5.74) is 3.04. The topological polar surface area (TPSA) is 70.1 Å². The third-order valence-electron chi connectivity index (χ3n) is 6.87. The number of hydrogen-bond acceptors (Lipinski definition) is 4. The molecule has 2 amide bonds. The Morgan fingerprint density at radius 1 is 1.00 bits per heavy atom.